The van der Waals surface area contributed by atoms with Crippen LogP contribution >= 0.6 is 0 Å². The zero-order chi connectivity index (χ0) is 38.8. The van der Waals surface area contributed by atoms with Crippen LogP contribution in [0.5, 0.6) is 0 Å². The van der Waals surface area contributed by atoms with Gasteiger partial charge in [0.05, 0.1) is 24.7 Å². The van der Waals surface area contributed by atoms with Gasteiger partial charge in [0.2, 0.25) is 0 Å². The minimum atomic E-state index is -1.42. The molecular weight excluding hydrogens is 674 g/mol. The van der Waals surface area contributed by atoms with E-state index < -0.39 is 54.7 Å². The third-order valence-electron chi connectivity index (χ3n) is 16.7. The van der Waals surface area contributed by atoms with Crippen LogP contribution in [0.4, 0.5) is 4.79 Å². The third-order valence-corrected chi connectivity index (χ3v) is 16.7. The van der Waals surface area contributed by atoms with E-state index in [1.165, 1.54) is 5.57 Å². The topological polar surface area (TPSA) is 155 Å². The van der Waals surface area contributed by atoms with Crippen LogP contribution in [-0.4, -0.2) is 82.5 Å². The van der Waals surface area contributed by atoms with E-state index in [-0.39, 0.29) is 45.7 Å². The van der Waals surface area contributed by atoms with E-state index in [4.69, 9.17) is 14.2 Å². The SMILES string of the molecule is CCCCCCOC(=O)N[C@H]1[C@H](O[C@H]2CC[C@]3(C)[C@H]4CC=C5[C@@H]6CC(C)(C)CC[C@]6(C(=O)O)CC[C@@]5(C)[C@]4(C)CC[C@H]3C2(C)C)O[C@H](CO)[C@@H](O)[C@@H]1O. The fourth-order valence-corrected chi connectivity index (χ4v) is 13.2. The van der Waals surface area contributed by atoms with E-state index in [1.807, 2.05) is 0 Å². The molecule has 10 heteroatoms. The van der Waals surface area contributed by atoms with Crippen molar-refractivity contribution < 1.29 is 44.2 Å². The summed E-state index contributed by atoms with van der Waals surface area (Å²) in [7, 11) is 0. The van der Waals surface area contributed by atoms with Crippen LogP contribution < -0.4 is 5.32 Å². The molecule has 302 valence electrons. The zero-order valence-electron chi connectivity index (χ0n) is 33.9. The highest BCUT2D eigenvalue weighted by atomic mass is 16.7. The summed E-state index contributed by atoms with van der Waals surface area (Å²) in [6.07, 6.45) is 9.51. The molecule has 1 aliphatic heterocycles. The van der Waals surface area contributed by atoms with Gasteiger partial charge in [0, 0.05) is 0 Å². The number of ether oxygens (including phenoxy) is 3. The molecule has 1 saturated heterocycles. The van der Waals surface area contributed by atoms with Crippen molar-refractivity contribution in [3.05, 3.63) is 11.6 Å². The first-order chi connectivity index (χ1) is 24.8. The van der Waals surface area contributed by atoms with E-state index in [0.717, 1.165) is 89.9 Å². The summed E-state index contributed by atoms with van der Waals surface area (Å²) in [5, 5.41) is 45.4. The summed E-state index contributed by atoms with van der Waals surface area (Å²) in [5.74, 6) is 0.237. The van der Waals surface area contributed by atoms with Gasteiger partial charge in [-0.1, -0.05) is 86.3 Å². The lowest BCUT2D eigenvalue weighted by atomic mass is 9.33. The highest BCUT2D eigenvalue weighted by Crippen LogP contribution is 2.76. The number of aliphatic hydroxyl groups is 3. The number of nitrogens with one attached hydrogen (secondary N) is 1. The van der Waals surface area contributed by atoms with Gasteiger partial charge in [0.15, 0.2) is 6.29 Å². The summed E-state index contributed by atoms with van der Waals surface area (Å²) in [6, 6.07) is -1.08. The van der Waals surface area contributed by atoms with Gasteiger partial charge < -0.3 is 40.0 Å². The van der Waals surface area contributed by atoms with Crippen molar-refractivity contribution in [2.24, 2.45) is 50.2 Å². The highest BCUT2D eigenvalue weighted by Gasteiger charge is 2.69. The molecule has 0 aromatic heterocycles. The van der Waals surface area contributed by atoms with Crippen molar-refractivity contribution in [3.8, 4) is 0 Å². The van der Waals surface area contributed by atoms with E-state index in [2.05, 4.69) is 66.8 Å². The van der Waals surface area contributed by atoms with Crippen LogP contribution in [0, 0.1) is 50.2 Å². The number of carbonyl (C=O) groups is 2. The Balaban J connectivity index is 1.23. The van der Waals surface area contributed by atoms with Crippen LogP contribution in [0.15, 0.2) is 11.6 Å². The number of alkyl carbamates (subject to hydrolysis) is 1. The molecule has 4 saturated carbocycles. The molecule has 0 spiro atoms. The number of carbonyl (C=O) groups excluding carboxylic acids is 1. The van der Waals surface area contributed by atoms with Crippen molar-refractivity contribution in [3.63, 3.8) is 0 Å². The van der Waals surface area contributed by atoms with Gasteiger partial charge in [-0.05, 0) is 115 Å². The molecule has 0 radical (unpaired) electrons. The molecule has 1 amide bonds. The maximum Gasteiger partial charge on any atom is 0.407 e. The van der Waals surface area contributed by atoms with Gasteiger partial charge >= 0.3 is 12.1 Å². The van der Waals surface area contributed by atoms with Crippen LogP contribution in [-0.2, 0) is 19.0 Å². The normalized spacial score (nSPS) is 45.7. The smallest absolute Gasteiger partial charge is 0.407 e. The Morgan fingerprint density at radius 1 is 0.906 bits per heavy atom. The Morgan fingerprint density at radius 2 is 1.62 bits per heavy atom. The van der Waals surface area contributed by atoms with Gasteiger partial charge in [0.1, 0.15) is 24.4 Å². The van der Waals surface area contributed by atoms with Crippen LogP contribution in [0.2, 0.25) is 0 Å². The van der Waals surface area contributed by atoms with E-state index >= 15 is 0 Å². The minimum Gasteiger partial charge on any atom is -0.481 e. The number of rotatable bonds is 10. The van der Waals surface area contributed by atoms with Gasteiger partial charge in [-0.3, -0.25) is 4.79 Å². The van der Waals surface area contributed by atoms with Crippen molar-refractivity contribution in [2.45, 2.75) is 182 Å². The Kier molecular flexibility index (Phi) is 11.3. The largest absolute Gasteiger partial charge is 0.481 e. The fourth-order valence-electron chi connectivity index (χ4n) is 13.2. The molecule has 0 aromatic rings. The van der Waals surface area contributed by atoms with Crippen LogP contribution in [0.25, 0.3) is 0 Å². The van der Waals surface area contributed by atoms with E-state index in [1.54, 1.807) is 0 Å². The van der Waals surface area contributed by atoms with Crippen LogP contribution in [0.1, 0.15) is 145 Å². The number of hydrogen-bond acceptors (Lipinski definition) is 8. The molecule has 0 bridgehead atoms. The van der Waals surface area contributed by atoms with Gasteiger partial charge in [-0.15, -0.1) is 0 Å². The van der Waals surface area contributed by atoms with Gasteiger partial charge in [-0.25, -0.2) is 4.79 Å². The predicted molar refractivity (Wildman–Crippen MR) is 202 cm³/mol. The number of carboxylic acids is 1. The lowest BCUT2D eigenvalue weighted by Gasteiger charge is -2.71. The molecule has 0 unspecified atom stereocenters. The molecule has 5 fully saturated rings. The standard InChI is InChI=1S/C43H71NO9/c1-9-10-11-12-23-51-37(50)44-32-34(47)33(46)28(25-45)52-35(32)53-31-16-17-40(6)29(39(31,4)5)15-18-42(8)30(40)14-13-26-27-24-38(2,3)19-21-43(27,36(48)49)22-20-41(26,42)7/h13,27-35,45-47H,9-12,14-25H2,1-8H3,(H,44,50)(H,48,49)/t27-,28+,29-,30+,31-,32+,33+,34+,35-,40-,41+,42+,43-/m0/s1. The monoisotopic (exact) mass is 746 g/mol. The number of carboxylic acid groups (broad SMARTS) is 1. The maximum absolute atomic E-state index is 13.0. The molecule has 13 atom stereocenters. The van der Waals surface area contributed by atoms with Crippen LogP contribution in [0.3, 0.4) is 0 Å². The third kappa shape index (κ3) is 6.70. The summed E-state index contributed by atoms with van der Waals surface area (Å²) < 4.78 is 18.3. The van der Waals surface area contributed by atoms with Crippen molar-refractivity contribution in [2.75, 3.05) is 13.2 Å². The molecule has 6 aliphatic rings. The Morgan fingerprint density at radius 3 is 2.30 bits per heavy atom. The quantitative estimate of drug-likeness (QED) is 0.0876. The van der Waals surface area contributed by atoms with Crippen molar-refractivity contribution >= 4 is 12.1 Å². The molecule has 5 aliphatic carbocycles. The zero-order valence-corrected chi connectivity index (χ0v) is 33.9. The first-order valence-corrected chi connectivity index (χ1v) is 21.0. The highest BCUT2D eigenvalue weighted by molar-refractivity contribution is 5.76. The number of unbranched alkanes of at least 4 members (excludes halogenated alkanes) is 3. The molecular formula is C43H71NO9. The second kappa shape index (κ2) is 14.7. The molecule has 0 aromatic carbocycles. The van der Waals surface area contributed by atoms with E-state index in [0.29, 0.717) is 11.8 Å². The number of allylic oxidation sites excluding steroid dienone is 2. The van der Waals surface area contributed by atoms with Gasteiger partial charge in [0.25, 0.3) is 0 Å². The number of aliphatic hydroxyl groups excluding tert-OH is 3. The predicted octanol–water partition coefficient (Wildman–Crippen LogP) is 7.37. The fraction of sp³-hybridized carbons (Fsp3) is 0.907. The average molecular weight is 746 g/mol. The first-order valence-electron chi connectivity index (χ1n) is 21.0. The number of aliphatic carboxylic acids is 1. The lowest BCUT2D eigenvalue weighted by molar-refractivity contribution is -0.306. The average Bonchev–Trinajstić information content (AvgIpc) is 3.08. The summed E-state index contributed by atoms with van der Waals surface area (Å²) in [4.78, 5) is 25.9. The summed E-state index contributed by atoms with van der Waals surface area (Å²) >= 11 is 0. The first kappa shape index (κ1) is 40.9. The maximum atomic E-state index is 13.0. The van der Waals surface area contributed by atoms with Crippen molar-refractivity contribution in [1.29, 1.82) is 0 Å². The molecule has 10 nitrogen and oxygen atoms in total. The second-order valence-corrected chi connectivity index (χ2v) is 20.2. The number of fused-ring (bicyclic) bond motifs is 7. The van der Waals surface area contributed by atoms with E-state index in [9.17, 15) is 30.0 Å². The Hall–Kier alpha value is -1.72. The summed E-state index contributed by atoms with van der Waals surface area (Å²) in [5.41, 5.74) is 0.608. The molecule has 53 heavy (non-hydrogen) atoms. The minimum absolute atomic E-state index is 0.0184. The van der Waals surface area contributed by atoms with Gasteiger partial charge in [-0.2, -0.15) is 0 Å². The lowest BCUT2D eigenvalue weighted by Crippen LogP contribution is -2.67. The van der Waals surface area contributed by atoms with Crippen molar-refractivity contribution in [1.82, 2.24) is 5.32 Å². The Labute approximate surface area is 318 Å². The number of amides is 1. The summed E-state index contributed by atoms with van der Waals surface area (Å²) in [6.45, 7) is 18.6. The Bertz CT molecular complexity index is 1400. The number of hydrogen-bond donors (Lipinski definition) is 5. The molecule has 1 heterocycles. The second-order valence-electron chi connectivity index (χ2n) is 20.2. The molecule has 5 N–H and O–H groups in total. The molecule has 6 rings (SSSR count).